The zero-order valence-corrected chi connectivity index (χ0v) is 12.5. The van der Waals surface area contributed by atoms with Gasteiger partial charge in [-0.05, 0) is 24.6 Å². The Bertz CT molecular complexity index is 741. The van der Waals surface area contributed by atoms with Crippen LogP contribution in [0.3, 0.4) is 0 Å². The molecule has 1 fully saturated rings. The van der Waals surface area contributed by atoms with E-state index in [0.29, 0.717) is 24.2 Å². The number of carbonyl (C=O) groups excluding carboxylic acids is 1. The van der Waals surface area contributed by atoms with Crippen molar-refractivity contribution in [2.24, 2.45) is 0 Å². The average molecular weight is 301 g/mol. The van der Waals surface area contributed by atoms with Crippen molar-refractivity contribution >= 4 is 16.8 Å². The van der Waals surface area contributed by atoms with E-state index in [-0.39, 0.29) is 17.6 Å². The topological polar surface area (TPSA) is 74.4 Å². The monoisotopic (exact) mass is 301 g/mol. The number of benzene rings is 1. The maximum absolute atomic E-state index is 12.4. The molecule has 2 N–H and O–H groups in total. The van der Waals surface area contributed by atoms with E-state index in [9.17, 15) is 9.59 Å². The van der Waals surface area contributed by atoms with Gasteiger partial charge in [0.25, 0.3) is 5.91 Å². The summed E-state index contributed by atoms with van der Waals surface area (Å²) >= 11 is 0. The lowest BCUT2D eigenvalue weighted by molar-refractivity contribution is -0.0174. The molecule has 1 aliphatic heterocycles. The van der Waals surface area contributed by atoms with Crippen LogP contribution in [0.2, 0.25) is 0 Å². The minimum absolute atomic E-state index is 0.00303. The molecule has 2 heterocycles. The third-order valence-electron chi connectivity index (χ3n) is 3.84. The summed E-state index contributed by atoms with van der Waals surface area (Å²) in [6, 6.07) is 8.54. The first kappa shape index (κ1) is 14.7. The van der Waals surface area contributed by atoms with Crippen molar-refractivity contribution in [3.63, 3.8) is 0 Å². The number of carbonyl (C=O) groups is 1. The number of fused-ring (bicyclic) bond motifs is 1. The Labute approximate surface area is 128 Å². The molecule has 2 aromatic rings. The van der Waals surface area contributed by atoms with Crippen LogP contribution in [-0.4, -0.2) is 55.2 Å². The van der Waals surface area contributed by atoms with Crippen LogP contribution < -0.4 is 10.9 Å². The van der Waals surface area contributed by atoms with Crippen LogP contribution >= 0.6 is 0 Å². The molecule has 0 spiro atoms. The van der Waals surface area contributed by atoms with Crippen molar-refractivity contribution in [1.29, 1.82) is 0 Å². The van der Waals surface area contributed by atoms with E-state index in [1.165, 1.54) is 6.07 Å². The molecule has 1 saturated heterocycles. The first-order valence-corrected chi connectivity index (χ1v) is 7.34. The Morgan fingerprint density at radius 2 is 2.27 bits per heavy atom. The highest BCUT2D eigenvalue weighted by Crippen LogP contribution is 2.14. The summed E-state index contributed by atoms with van der Waals surface area (Å²) in [4.78, 5) is 28.8. The molecule has 3 rings (SSSR count). The second-order valence-electron chi connectivity index (χ2n) is 5.56. The fourth-order valence-electron chi connectivity index (χ4n) is 2.66. The molecule has 6 nitrogen and oxygen atoms in total. The Hall–Kier alpha value is -2.18. The summed E-state index contributed by atoms with van der Waals surface area (Å²) in [6.45, 7) is 2.84. The lowest BCUT2D eigenvalue weighted by Crippen LogP contribution is -2.45. The Morgan fingerprint density at radius 1 is 1.41 bits per heavy atom. The largest absolute Gasteiger partial charge is 0.374 e. The maximum atomic E-state index is 12.4. The van der Waals surface area contributed by atoms with Gasteiger partial charge in [-0.15, -0.1) is 0 Å². The molecular formula is C16H19N3O3. The van der Waals surface area contributed by atoms with E-state index in [1.807, 2.05) is 13.1 Å². The quantitative estimate of drug-likeness (QED) is 0.870. The van der Waals surface area contributed by atoms with E-state index in [1.54, 1.807) is 18.2 Å². The van der Waals surface area contributed by atoms with Gasteiger partial charge in [0.1, 0.15) is 0 Å². The number of nitrogens with one attached hydrogen (secondary N) is 2. The van der Waals surface area contributed by atoms with E-state index in [2.05, 4.69) is 15.2 Å². The Kier molecular flexibility index (Phi) is 4.22. The van der Waals surface area contributed by atoms with Gasteiger partial charge in [0, 0.05) is 25.7 Å². The molecule has 1 amide bonds. The fraction of sp³-hybridized carbons (Fsp3) is 0.375. The number of morpholine rings is 1. The van der Waals surface area contributed by atoms with Crippen molar-refractivity contribution in [2.75, 3.05) is 33.3 Å². The third-order valence-corrected chi connectivity index (χ3v) is 3.84. The highest BCUT2D eigenvalue weighted by atomic mass is 16.5. The SMILES string of the molecule is CN1CCOC(CNC(=O)c2cccc3ccc(=O)[nH]c23)C1. The molecule has 1 aliphatic rings. The van der Waals surface area contributed by atoms with Gasteiger partial charge in [-0.2, -0.15) is 0 Å². The molecule has 1 unspecified atom stereocenters. The minimum atomic E-state index is -0.218. The van der Waals surface area contributed by atoms with Crippen LogP contribution in [0.25, 0.3) is 10.9 Å². The normalized spacial score (nSPS) is 19.2. The van der Waals surface area contributed by atoms with E-state index < -0.39 is 0 Å². The maximum Gasteiger partial charge on any atom is 0.253 e. The van der Waals surface area contributed by atoms with Gasteiger partial charge in [0.05, 0.1) is 23.8 Å². The van der Waals surface area contributed by atoms with Gasteiger partial charge in [-0.25, -0.2) is 0 Å². The number of likely N-dealkylation sites (N-methyl/N-ethyl adjacent to an activating group) is 1. The van der Waals surface area contributed by atoms with Gasteiger partial charge < -0.3 is 19.9 Å². The fourth-order valence-corrected chi connectivity index (χ4v) is 2.66. The average Bonchev–Trinajstić information content (AvgIpc) is 2.52. The zero-order chi connectivity index (χ0) is 15.5. The van der Waals surface area contributed by atoms with Crippen LogP contribution in [-0.2, 0) is 4.74 Å². The number of hydrogen-bond donors (Lipinski definition) is 2. The van der Waals surface area contributed by atoms with Crippen LogP contribution in [0.15, 0.2) is 35.1 Å². The first-order chi connectivity index (χ1) is 10.6. The third kappa shape index (κ3) is 3.18. The second-order valence-corrected chi connectivity index (χ2v) is 5.56. The molecule has 0 radical (unpaired) electrons. The van der Waals surface area contributed by atoms with Gasteiger partial charge in [-0.1, -0.05) is 12.1 Å². The minimum Gasteiger partial charge on any atom is -0.374 e. The van der Waals surface area contributed by atoms with Crippen LogP contribution in [0, 0.1) is 0 Å². The molecule has 1 aromatic heterocycles. The lowest BCUT2D eigenvalue weighted by atomic mass is 10.1. The molecule has 1 aromatic carbocycles. The number of ether oxygens (including phenoxy) is 1. The summed E-state index contributed by atoms with van der Waals surface area (Å²) in [7, 11) is 2.03. The number of aromatic amines is 1. The molecule has 22 heavy (non-hydrogen) atoms. The van der Waals surface area contributed by atoms with E-state index in [4.69, 9.17) is 4.74 Å². The molecule has 0 saturated carbocycles. The first-order valence-electron chi connectivity index (χ1n) is 7.34. The molecular weight excluding hydrogens is 282 g/mol. The van der Waals surface area contributed by atoms with E-state index in [0.717, 1.165) is 18.5 Å². The van der Waals surface area contributed by atoms with Crippen molar-refractivity contribution in [3.8, 4) is 0 Å². The highest BCUT2D eigenvalue weighted by Gasteiger charge is 2.19. The highest BCUT2D eigenvalue weighted by molar-refractivity contribution is 6.05. The van der Waals surface area contributed by atoms with Crippen LogP contribution in [0.4, 0.5) is 0 Å². The molecule has 1 atom stereocenters. The predicted molar refractivity (Wildman–Crippen MR) is 84.1 cm³/mol. The number of rotatable bonds is 3. The van der Waals surface area contributed by atoms with Gasteiger partial charge in [0.2, 0.25) is 5.56 Å². The van der Waals surface area contributed by atoms with Crippen molar-refractivity contribution in [3.05, 3.63) is 46.2 Å². The smallest absolute Gasteiger partial charge is 0.253 e. The summed E-state index contributed by atoms with van der Waals surface area (Å²) in [5.41, 5.74) is 0.818. The van der Waals surface area contributed by atoms with Gasteiger partial charge in [0.15, 0.2) is 0 Å². The number of pyridine rings is 1. The molecule has 0 aliphatic carbocycles. The van der Waals surface area contributed by atoms with E-state index >= 15 is 0 Å². The number of H-pyrrole nitrogens is 1. The van der Waals surface area contributed by atoms with Crippen LogP contribution in [0.5, 0.6) is 0 Å². The number of amides is 1. The Balaban J connectivity index is 1.75. The van der Waals surface area contributed by atoms with Crippen molar-refractivity contribution < 1.29 is 9.53 Å². The second kappa shape index (κ2) is 6.29. The number of para-hydroxylation sites is 1. The van der Waals surface area contributed by atoms with Crippen molar-refractivity contribution in [2.45, 2.75) is 6.10 Å². The predicted octanol–water partition coefficient (Wildman–Crippen LogP) is 0.588. The zero-order valence-electron chi connectivity index (χ0n) is 12.5. The van der Waals surface area contributed by atoms with Gasteiger partial charge >= 0.3 is 0 Å². The number of aromatic nitrogens is 1. The summed E-state index contributed by atoms with van der Waals surface area (Å²) in [5.74, 6) is -0.204. The lowest BCUT2D eigenvalue weighted by Gasteiger charge is -2.30. The number of nitrogens with zero attached hydrogens (tertiary/aromatic N) is 1. The van der Waals surface area contributed by atoms with Crippen molar-refractivity contribution in [1.82, 2.24) is 15.2 Å². The summed E-state index contributed by atoms with van der Waals surface area (Å²) in [6.07, 6.45) is -0.00303. The molecule has 6 heteroatoms. The standard InChI is InChI=1S/C16H19N3O3/c1-19-7-8-22-12(10-19)9-17-16(21)13-4-2-3-11-5-6-14(20)18-15(11)13/h2-6,12H,7-10H2,1H3,(H,17,21)(H,18,20). The summed E-state index contributed by atoms with van der Waals surface area (Å²) in [5, 5.41) is 3.72. The molecule has 0 bridgehead atoms. The Morgan fingerprint density at radius 3 is 3.09 bits per heavy atom. The van der Waals surface area contributed by atoms with Crippen LogP contribution in [0.1, 0.15) is 10.4 Å². The molecule has 116 valence electrons. The summed E-state index contributed by atoms with van der Waals surface area (Å²) < 4.78 is 5.63. The number of hydrogen-bond acceptors (Lipinski definition) is 4. The van der Waals surface area contributed by atoms with Gasteiger partial charge in [-0.3, -0.25) is 9.59 Å².